The Labute approximate surface area is 148 Å². The minimum Gasteiger partial charge on any atom is -0.494 e. The van der Waals surface area contributed by atoms with Crippen LogP contribution < -0.4 is 10.1 Å². The second-order valence-corrected chi connectivity index (χ2v) is 6.10. The third-order valence-corrected chi connectivity index (χ3v) is 4.07. The van der Waals surface area contributed by atoms with Crippen LogP contribution in [0.3, 0.4) is 0 Å². The fourth-order valence-electron chi connectivity index (χ4n) is 2.44. The average Bonchev–Trinajstić information content (AvgIpc) is 2.58. The van der Waals surface area contributed by atoms with Gasteiger partial charge in [-0.15, -0.1) is 0 Å². The molecule has 2 unspecified atom stereocenters. The number of likely N-dealkylation sites (N-methyl/N-ethyl adjacent to an activating group) is 1. The first-order chi connectivity index (χ1) is 11.8. The molecule has 2 atom stereocenters. The fourth-order valence-corrected chi connectivity index (χ4v) is 2.44. The van der Waals surface area contributed by atoms with E-state index >= 15 is 0 Å². The number of methoxy groups -OCH3 is 2. The molecular weight excluding hydrogens is 327 g/mol. The van der Waals surface area contributed by atoms with Gasteiger partial charge < -0.3 is 14.8 Å². The van der Waals surface area contributed by atoms with Crippen molar-refractivity contribution in [3.8, 4) is 5.75 Å². The van der Waals surface area contributed by atoms with Crippen molar-refractivity contribution >= 4 is 11.9 Å². The van der Waals surface area contributed by atoms with Crippen LogP contribution in [0.4, 0.5) is 4.39 Å². The number of esters is 1. The zero-order valence-corrected chi connectivity index (χ0v) is 15.5. The molecule has 0 aliphatic carbocycles. The van der Waals surface area contributed by atoms with E-state index in [9.17, 15) is 14.0 Å². The summed E-state index contributed by atoms with van der Waals surface area (Å²) in [6, 6.07) is 4.00. The Bertz CT molecular complexity index is 594. The van der Waals surface area contributed by atoms with Gasteiger partial charge in [0.2, 0.25) is 5.91 Å². The highest BCUT2D eigenvalue weighted by atomic mass is 19.1. The number of benzene rings is 1. The normalized spacial score (nSPS) is 13.2. The molecule has 0 saturated heterocycles. The summed E-state index contributed by atoms with van der Waals surface area (Å²) in [6.45, 7) is 4.29. The van der Waals surface area contributed by atoms with Crippen LogP contribution in [0.1, 0.15) is 25.8 Å². The van der Waals surface area contributed by atoms with Crippen LogP contribution in [-0.4, -0.2) is 50.6 Å². The number of ether oxygens (including phenoxy) is 2. The van der Waals surface area contributed by atoms with Crippen LogP contribution in [0.25, 0.3) is 0 Å². The second kappa shape index (κ2) is 9.98. The molecule has 0 bridgehead atoms. The molecule has 1 aromatic rings. The average molecular weight is 354 g/mol. The Hall–Kier alpha value is -2.15. The molecule has 1 N–H and O–H groups in total. The minimum atomic E-state index is -0.672. The van der Waals surface area contributed by atoms with Crippen LogP contribution in [-0.2, 0) is 20.9 Å². The fraction of sp³-hybridized carbons (Fsp3) is 0.556. The van der Waals surface area contributed by atoms with Gasteiger partial charge in [0.25, 0.3) is 0 Å². The Morgan fingerprint density at radius 3 is 2.52 bits per heavy atom. The van der Waals surface area contributed by atoms with Crippen LogP contribution in [0.15, 0.2) is 18.2 Å². The van der Waals surface area contributed by atoms with Crippen molar-refractivity contribution in [3.05, 3.63) is 29.6 Å². The summed E-state index contributed by atoms with van der Waals surface area (Å²) in [4.78, 5) is 25.8. The van der Waals surface area contributed by atoms with Gasteiger partial charge in [0.15, 0.2) is 11.6 Å². The standard InChI is InChI=1S/C18H27FN2O4/c1-6-12(2)17(18(23)25-5)20-16(22)11-21(3)10-13-7-8-15(24-4)14(19)9-13/h7-9,12,17H,6,10-11H2,1-5H3,(H,20,22). The summed E-state index contributed by atoms with van der Waals surface area (Å²) >= 11 is 0. The van der Waals surface area contributed by atoms with Crippen LogP contribution in [0, 0.1) is 11.7 Å². The van der Waals surface area contributed by atoms with E-state index in [2.05, 4.69) is 5.32 Å². The molecule has 0 radical (unpaired) electrons. The number of nitrogens with zero attached hydrogens (tertiary/aromatic N) is 1. The van der Waals surface area contributed by atoms with Gasteiger partial charge in [-0.05, 0) is 30.7 Å². The van der Waals surface area contributed by atoms with Crippen molar-refractivity contribution < 1.29 is 23.5 Å². The largest absolute Gasteiger partial charge is 0.494 e. The SMILES string of the molecule is CCC(C)C(NC(=O)CN(C)Cc1ccc(OC)c(F)c1)C(=O)OC. The van der Waals surface area contributed by atoms with Gasteiger partial charge in [0.1, 0.15) is 6.04 Å². The Kier molecular flexibility index (Phi) is 8.34. The molecule has 0 saturated carbocycles. The summed E-state index contributed by atoms with van der Waals surface area (Å²) in [7, 11) is 4.45. The molecule has 1 amide bonds. The summed E-state index contributed by atoms with van der Waals surface area (Å²) in [5.74, 6) is -1.04. The first kappa shape index (κ1) is 20.9. The maximum Gasteiger partial charge on any atom is 0.328 e. The zero-order valence-electron chi connectivity index (χ0n) is 15.5. The van der Waals surface area contributed by atoms with Crippen LogP contribution in [0.5, 0.6) is 5.75 Å². The van der Waals surface area contributed by atoms with Crippen molar-refractivity contribution in [2.45, 2.75) is 32.9 Å². The summed E-state index contributed by atoms with van der Waals surface area (Å²) in [6.07, 6.45) is 0.737. The molecule has 6 nitrogen and oxygen atoms in total. The summed E-state index contributed by atoms with van der Waals surface area (Å²) in [5, 5.41) is 2.72. The molecule has 1 rings (SSSR count). The van der Waals surface area contributed by atoms with Crippen molar-refractivity contribution in [2.24, 2.45) is 5.92 Å². The third kappa shape index (κ3) is 6.34. The van der Waals surface area contributed by atoms with E-state index in [0.29, 0.717) is 6.54 Å². The number of amides is 1. The van der Waals surface area contributed by atoms with E-state index in [1.165, 1.54) is 20.3 Å². The van der Waals surface area contributed by atoms with Crippen LogP contribution in [0.2, 0.25) is 0 Å². The lowest BCUT2D eigenvalue weighted by Crippen LogP contribution is -2.48. The van der Waals surface area contributed by atoms with E-state index in [1.54, 1.807) is 24.1 Å². The van der Waals surface area contributed by atoms with Gasteiger partial charge in [-0.1, -0.05) is 26.3 Å². The lowest BCUT2D eigenvalue weighted by Gasteiger charge is -2.23. The molecule has 0 aliphatic rings. The second-order valence-electron chi connectivity index (χ2n) is 6.10. The van der Waals surface area contributed by atoms with E-state index in [1.807, 2.05) is 13.8 Å². The number of hydrogen-bond acceptors (Lipinski definition) is 5. The van der Waals surface area contributed by atoms with Crippen molar-refractivity contribution in [1.82, 2.24) is 10.2 Å². The van der Waals surface area contributed by atoms with E-state index in [0.717, 1.165) is 12.0 Å². The van der Waals surface area contributed by atoms with Crippen molar-refractivity contribution in [2.75, 3.05) is 27.8 Å². The lowest BCUT2D eigenvalue weighted by atomic mass is 9.99. The number of nitrogens with one attached hydrogen (secondary N) is 1. The van der Waals surface area contributed by atoms with E-state index in [-0.39, 0.29) is 24.1 Å². The molecule has 0 fully saturated rings. The maximum atomic E-state index is 13.7. The number of rotatable bonds is 9. The third-order valence-electron chi connectivity index (χ3n) is 4.07. The quantitative estimate of drug-likeness (QED) is 0.687. The van der Waals surface area contributed by atoms with Gasteiger partial charge in [0.05, 0.1) is 20.8 Å². The van der Waals surface area contributed by atoms with Gasteiger partial charge in [-0.3, -0.25) is 9.69 Å². The molecule has 7 heteroatoms. The van der Waals surface area contributed by atoms with Crippen molar-refractivity contribution in [1.29, 1.82) is 0 Å². The van der Waals surface area contributed by atoms with E-state index in [4.69, 9.17) is 9.47 Å². The Morgan fingerprint density at radius 2 is 2.00 bits per heavy atom. The predicted molar refractivity (Wildman–Crippen MR) is 92.7 cm³/mol. The van der Waals surface area contributed by atoms with Gasteiger partial charge in [-0.2, -0.15) is 0 Å². The number of hydrogen-bond donors (Lipinski definition) is 1. The first-order valence-electron chi connectivity index (χ1n) is 8.20. The lowest BCUT2D eigenvalue weighted by molar-refractivity contribution is -0.146. The number of carbonyl (C=O) groups is 2. The van der Waals surface area contributed by atoms with E-state index < -0.39 is 17.8 Å². The molecule has 0 aromatic heterocycles. The minimum absolute atomic E-state index is 0.0302. The van der Waals surface area contributed by atoms with Gasteiger partial charge >= 0.3 is 5.97 Å². The molecule has 0 spiro atoms. The molecule has 25 heavy (non-hydrogen) atoms. The topological polar surface area (TPSA) is 67.9 Å². The van der Waals surface area contributed by atoms with Gasteiger partial charge in [0, 0.05) is 6.54 Å². The Morgan fingerprint density at radius 1 is 1.32 bits per heavy atom. The molecule has 0 heterocycles. The highest BCUT2D eigenvalue weighted by Gasteiger charge is 2.26. The molecular formula is C18H27FN2O4. The molecule has 140 valence electrons. The van der Waals surface area contributed by atoms with Crippen LogP contribution >= 0.6 is 0 Å². The molecule has 1 aromatic carbocycles. The maximum absolute atomic E-state index is 13.7. The monoisotopic (exact) mass is 354 g/mol. The van der Waals surface area contributed by atoms with Gasteiger partial charge in [-0.25, -0.2) is 9.18 Å². The van der Waals surface area contributed by atoms with Crippen molar-refractivity contribution in [3.63, 3.8) is 0 Å². The number of halogens is 1. The first-order valence-corrected chi connectivity index (χ1v) is 8.20. The smallest absolute Gasteiger partial charge is 0.328 e. The Balaban J connectivity index is 2.63. The number of carbonyl (C=O) groups excluding carboxylic acids is 2. The predicted octanol–water partition coefficient (Wildman–Crippen LogP) is 1.97. The highest BCUT2D eigenvalue weighted by molar-refractivity contribution is 5.85. The summed E-state index contributed by atoms with van der Waals surface area (Å²) < 4.78 is 23.4. The molecule has 0 aliphatic heterocycles. The summed E-state index contributed by atoms with van der Waals surface area (Å²) in [5.41, 5.74) is 0.722. The highest BCUT2D eigenvalue weighted by Crippen LogP contribution is 2.18. The zero-order chi connectivity index (χ0) is 19.0.